The van der Waals surface area contributed by atoms with Gasteiger partial charge in [-0.15, -0.1) is 0 Å². The Morgan fingerprint density at radius 1 is 1.35 bits per heavy atom. The summed E-state index contributed by atoms with van der Waals surface area (Å²) >= 11 is 0. The summed E-state index contributed by atoms with van der Waals surface area (Å²) in [5.74, 6) is 0.845. The van der Waals surface area contributed by atoms with Crippen molar-refractivity contribution in [2.24, 2.45) is 13.0 Å². The van der Waals surface area contributed by atoms with Crippen molar-refractivity contribution in [1.82, 2.24) is 19.6 Å². The molecule has 0 bridgehead atoms. The number of carbonyl (C=O) groups excluding carboxylic acids is 2. The Hall–Kier alpha value is -1.85. The van der Waals surface area contributed by atoms with E-state index in [2.05, 4.69) is 5.10 Å². The molecule has 1 aliphatic rings. The SMILES string of the molecule is CN(C)C(=O)CC[C@H]1CCCN(C(=O)CCc2cnn(C)c2)C1. The maximum atomic E-state index is 12.4. The van der Waals surface area contributed by atoms with E-state index in [1.165, 1.54) is 0 Å². The zero-order valence-corrected chi connectivity index (χ0v) is 14.5. The lowest BCUT2D eigenvalue weighted by molar-refractivity contribution is -0.133. The molecular formula is C17H28N4O2. The number of rotatable bonds is 6. The summed E-state index contributed by atoms with van der Waals surface area (Å²) in [7, 11) is 5.46. The topological polar surface area (TPSA) is 58.4 Å². The molecule has 1 atom stereocenters. The predicted octanol–water partition coefficient (Wildman–Crippen LogP) is 1.46. The molecule has 1 saturated heterocycles. The van der Waals surface area contributed by atoms with Crippen LogP contribution < -0.4 is 0 Å². The molecule has 1 fully saturated rings. The standard InChI is InChI=1S/C17H28N4O2/c1-19(2)16(22)8-6-14-5-4-10-21(13-14)17(23)9-7-15-11-18-20(3)12-15/h11-12,14H,4-10,13H2,1-3H3/t14-/m1/s1. The number of nitrogens with zero attached hydrogens (tertiary/aromatic N) is 4. The third-order valence-electron chi connectivity index (χ3n) is 4.52. The van der Waals surface area contributed by atoms with Gasteiger partial charge in [0.15, 0.2) is 0 Å². The summed E-state index contributed by atoms with van der Waals surface area (Å²) in [4.78, 5) is 27.7. The number of amides is 2. The Balaban J connectivity index is 1.76. The van der Waals surface area contributed by atoms with Gasteiger partial charge in [0.2, 0.25) is 11.8 Å². The molecule has 1 aromatic heterocycles. The maximum Gasteiger partial charge on any atom is 0.222 e. The number of hydrogen-bond donors (Lipinski definition) is 0. The second kappa shape index (κ2) is 8.13. The van der Waals surface area contributed by atoms with E-state index < -0.39 is 0 Å². The number of aryl methyl sites for hydroxylation is 2. The summed E-state index contributed by atoms with van der Waals surface area (Å²) in [6.45, 7) is 1.65. The Morgan fingerprint density at radius 3 is 2.78 bits per heavy atom. The van der Waals surface area contributed by atoms with Crippen LogP contribution in [0, 0.1) is 5.92 Å². The molecule has 0 aliphatic carbocycles. The smallest absolute Gasteiger partial charge is 0.222 e. The normalized spacial score (nSPS) is 18.0. The van der Waals surface area contributed by atoms with Crippen molar-refractivity contribution >= 4 is 11.8 Å². The van der Waals surface area contributed by atoms with Crippen LogP contribution in [0.25, 0.3) is 0 Å². The van der Waals surface area contributed by atoms with Crippen molar-refractivity contribution in [2.45, 2.75) is 38.5 Å². The maximum absolute atomic E-state index is 12.4. The number of likely N-dealkylation sites (tertiary alicyclic amines) is 1. The van der Waals surface area contributed by atoms with Crippen molar-refractivity contribution in [3.05, 3.63) is 18.0 Å². The largest absolute Gasteiger partial charge is 0.349 e. The summed E-state index contributed by atoms with van der Waals surface area (Å²) in [6, 6.07) is 0. The Bertz CT molecular complexity index is 538. The molecule has 0 spiro atoms. The van der Waals surface area contributed by atoms with Crippen molar-refractivity contribution in [1.29, 1.82) is 0 Å². The number of aromatic nitrogens is 2. The third kappa shape index (κ3) is 5.37. The molecule has 0 N–H and O–H groups in total. The van der Waals surface area contributed by atoms with Crippen LogP contribution in [0.2, 0.25) is 0 Å². The van der Waals surface area contributed by atoms with Gasteiger partial charge >= 0.3 is 0 Å². The highest BCUT2D eigenvalue weighted by molar-refractivity contribution is 5.77. The second-order valence-electron chi connectivity index (χ2n) is 6.70. The monoisotopic (exact) mass is 320 g/mol. The van der Waals surface area contributed by atoms with E-state index in [4.69, 9.17) is 0 Å². The summed E-state index contributed by atoms with van der Waals surface area (Å²) in [6.07, 6.45) is 8.67. The fraction of sp³-hybridized carbons (Fsp3) is 0.706. The van der Waals surface area contributed by atoms with Crippen molar-refractivity contribution in [3.63, 3.8) is 0 Å². The third-order valence-corrected chi connectivity index (χ3v) is 4.52. The van der Waals surface area contributed by atoms with Gasteiger partial charge in [0.05, 0.1) is 6.20 Å². The first-order chi connectivity index (χ1) is 11.0. The van der Waals surface area contributed by atoms with Gasteiger partial charge < -0.3 is 9.80 Å². The molecule has 2 heterocycles. The van der Waals surface area contributed by atoms with E-state index in [1.807, 2.05) is 24.3 Å². The molecule has 2 amide bonds. The summed E-state index contributed by atoms with van der Waals surface area (Å²) < 4.78 is 1.76. The molecule has 0 aromatic carbocycles. The van der Waals surface area contributed by atoms with Gasteiger partial charge in [-0.2, -0.15) is 5.10 Å². The minimum absolute atomic E-state index is 0.171. The summed E-state index contributed by atoms with van der Waals surface area (Å²) in [5, 5.41) is 4.13. The molecule has 0 radical (unpaired) electrons. The van der Waals surface area contributed by atoms with Crippen LogP contribution in [-0.4, -0.2) is 58.6 Å². The van der Waals surface area contributed by atoms with Crippen LogP contribution in [0.5, 0.6) is 0 Å². The zero-order valence-electron chi connectivity index (χ0n) is 14.5. The minimum atomic E-state index is 0.171. The molecule has 1 aliphatic heterocycles. The molecule has 6 nitrogen and oxygen atoms in total. The molecule has 23 heavy (non-hydrogen) atoms. The minimum Gasteiger partial charge on any atom is -0.349 e. The van der Waals surface area contributed by atoms with Crippen LogP contribution in [0.4, 0.5) is 0 Å². The van der Waals surface area contributed by atoms with Crippen LogP contribution in [0.15, 0.2) is 12.4 Å². The lowest BCUT2D eigenvalue weighted by Crippen LogP contribution is -2.40. The number of hydrogen-bond acceptors (Lipinski definition) is 3. The molecule has 0 saturated carbocycles. The van der Waals surface area contributed by atoms with Crippen LogP contribution >= 0.6 is 0 Å². The second-order valence-corrected chi connectivity index (χ2v) is 6.70. The molecule has 1 aromatic rings. The van der Waals surface area contributed by atoms with E-state index in [9.17, 15) is 9.59 Å². The first-order valence-corrected chi connectivity index (χ1v) is 8.41. The van der Waals surface area contributed by atoms with Crippen LogP contribution in [0.1, 0.15) is 37.7 Å². The van der Waals surface area contributed by atoms with E-state index in [-0.39, 0.29) is 11.8 Å². The zero-order chi connectivity index (χ0) is 16.8. The van der Waals surface area contributed by atoms with Crippen molar-refractivity contribution in [3.8, 4) is 0 Å². The Morgan fingerprint density at radius 2 is 2.13 bits per heavy atom. The number of piperidine rings is 1. The Kier molecular flexibility index (Phi) is 6.19. The van der Waals surface area contributed by atoms with E-state index in [0.29, 0.717) is 18.8 Å². The molecule has 128 valence electrons. The number of carbonyl (C=O) groups is 2. The first kappa shape index (κ1) is 17.5. The highest BCUT2D eigenvalue weighted by Crippen LogP contribution is 2.22. The lowest BCUT2D eigenvalue weighted by Gasteiger charge is -2.33. The van der Waals surface area contributed by atoms with Crippen LogP contribution in [-0.2, 0) is 23.1 Å². The quantitative estimate of drug-likeness (QED) is 0.797. The summed E-state index contributed by atoms with van der Waals surface area (Å²) in [5.41, 5.74) is 1.10. The Labute approximate surface area is 138 Å². The van der Waals surface area contributed by atoms with Gasteiger partial charge in [-0.05, 0) is 37.2 Å². The van der Waals surface area contributed by atoms with Crippen molar-refractivity contribution in [2.75, 3.05) is 27.2 Å². The van der Waals surface area contributed by atoms with E-state index in [0.717, 1.165) is 44.3 Å². The first-order valence-electron chi connectivity index (χ1n) is 8.41. The molecule has 6 heteroatoms. The predicted molar refractivity (Wildman–Crippen MR) is 88.8 cm³/mol. The average Bonchev–Trinajstić information content (AvgIpc) is 2.96. The highest BCUT2D eigenvalue weighted by Gasteiger charge is 2.24. The van der Waals surface area contributed by atoms with Gasteiger partial charge in [-0.3, -0.25) is 14.3 Å². The fourth-order valence-electron chi connectivity index (χ4n) is 3.09. The van der Waals surface area contributed by atoms with E-state index in [1.54, 1.807) is 23.7 Å². The average molecular weight is 320 g/mol. The van der Waals surface area contributed by atoms with Gasteiger partial charge in [-0.25, -0.2) is 0 Å². The molecule has 2 rings (SSSR count). The van der Waals surface area contributed by atoms with Gasteiger partial charge in [0.25, 0.3) is 0 Å². The van der Waals surface area contributed by atoms with Gasteiger partial charge in [0.1, 0.15) is 0 Å². The van der Waals surface area contributed by atoms with Crippen molar-refractivity contribution < 1.29 is 9.59 Å². The molecular weight excluding hydrogens is 292 g/mol. The van der Waals surface area contributed by atoms with Gasteiger partial charge in [0, 0.05) is 53.3 Å². The van der Waals surface area contributed by atoms with Gasteiger partial charge in [-0.1, -0.05) is 0 Å². The van der Waals surface area contributed by atoms with Crippen LogP contribution in [0.3, 0.4) is 0 Å². The molecule has 0 unspecified atom stereocenters. The fourth-order valence-corrected chi connectivity index (χ4v) is 3.09. The van der Waals surface area contributed by atoms with E-state index >= 15 is 0 Å². The highest BCUT2D eigenvalue weighted by atomic mass is 16.2. The lowest BCUT2D eigenvalue weighted by atomic mass is 9.93.